The Morgan fingerprint density at radius 2 is 2.11 bits per heavy atom. The van der Waals surface area contributed by atoms with Gasteiger partial charge in [-0.3, -0.25) is 0 Å². The lowest BCUT2D eigenvalue weighted by atomic mass is 10.1. The quantitative estimate of drug-likeness (QED) is 0.886. The molecule has 0 aromatic heterocycles. The fourth-order valence-electron chi connectivity index (χ4n) is 2.01. The third-order valence-electron chi connectivity index (χ3n) is 2.88. The highest BCUT2D eigenvalue weighted by atomic mass is 16.5. The molecule has 0 aliphatic carbocycles. The highest BCUT2D eigenvalue weighted by Gasteiger charge is 2.15. The second-order valence-electron chi connectivity index (χ2n) is 4.57. The number of ether oxygens (including phenoxy) is 2. The summed E-state index contributed by atoms with van der Waals surface area (Å²) in [5.41, 5.74) is 1.18. The van der Waals surface area contributed by atoms with Gasteiger partial charge in [-0.1, -0.05) is 24.3 Å². The van der Waals surface area contributed by atoms with Gasteiger partial charge in [-0.25, -0.2) is 0 Å². The Morgan fingerprint density at radius 1 is 1.33 bits per heavy atom. The van der Waals surface area contributed by atoms with Gasteiger partial charge >= 0.3 is 0 Å². The first-order valence-corrected chi connectivity index (χ1v) is 6.53. The maximum Gasteiger partial charge on any atom is 0.119 e. The van der Waals surface area contributed by atoms with E-state index in [9.17, 15) is 0 Å². The summed E-state index contributed by atoms with van der Waals surface area (Å²) < 4.78 is 10.9. The third kappa shape index (κ3) is 3.86. The molecule has 1 aliphatic heterocycles. The van der Waals surface area contributed by atoms with Gasteiger partial charge in [0.2, 0.25) is 0 Å². The summed E-state index contributed by atoms with van der Waals surface area (Å²) in [4.78, 5) is 0. The van der Waals surface area contributed by atoms with E-state index in [-0.39, 0.29) is 0 Å². The zero-order valence-corrected chi connectivity index (χ0v) is 11.1. The summed E-state index contributed by atoms with van der Waals surface area (Å²) in [6, 6.07) is 8.85. The maximum atomic E-state index is 5.50. The van der Waals surface area contributed by atoms with Gasteiger partial charge < -0.3 is 14.8 Å². The van der Waals surface area contributed by atoms with E-state index in [0.717, 1.165) is 19.0 Å². The van der Waals surface area contributed by atoms with Crippen LogP contribution >= 0.6 is 0 Å². The lowest BCUT2D eigenvalue weighted by molar-refractivity contribution is 0.0637. The second kappa shape index (κ2) is 6.57. The van der Waals surface area contributed by atoms with Crippen LogP contribution in [0, 0.1) is 0 Å². The van der Waals surface area contributed by atoms with Crippen LogP contribution in [0.2, 0.25) is 0 Å². The Labute approximate surface area is 109 Å². The normalized spacial score (nSPS) is 24.3. The number of hydrogen-bond donors (Lipinski definition) is 1. The van der Waals surface area contributed by atoms with Crippen LogP contribution in [0.4, 0.5) is 0 Å². The molecule has 0 radical (unpaired) electrons. The smallest absolute Gasteiger partial charge is 0.119 e. The molecule has 2 unspecified atom stereocenters. The fraction of sp³-hybridized carbons (Fsp3) is 0.467. The maximum absolute atomic E-state index is 5.50. The molecule has 98 valence electrons. The Balaban J connectivity index is 1.91. The molecule has 1 N–H and O–H groups in total. The minimum atomic E-state index is 0.306. The summed E-state index contributed by atoms with van der Waals surface area (Å²) in [5, 5.41) is 3.48. The van der Waals surface area contributed by atoms with Crippen LogP contribution in [-0.2, 0) is 4.74 Å². The molecule has 2 atom stereocenters. The van der Waals surface area contributed by atoms with Crippen molar-refractivity contribution in [3.8, 4) is 5.75 Å². The summed E-state index contributed by atoms with van der Waals surface area (Å²) in [5.74, 6) is 0.919. The number of morpholine rings is 1. The molecule has 3 heteroatoms. The first-order valence-electron chi connectivity index (χ1n) is 6.53. The van der Waals surface area contributed by atoms with Crippen molar-refractivity contribution < 1.29 is 9.47 Å². The SMILES string of the molecule is CCOc1ccc(/C=C/C2COCC(C)N2)cc1. The summed E-state index contributed by atoms with van der Waals surface area (Å²) in [7, 11) is 0. The van der Waals surface area contributed by atoms with Crippen molar-refractivity contribution in [2.45, 2.75) is 25.9 Å². The van der Waals surface area contributed by atoms with Crippen LogP contribution in [0.5, 0.6) is 5.75 Å². The second-order valence-corrected chi connectivity index (χ2v) is 4.57. The monoisotopic (exact) mass is 247 g/mol. The van der Waals surface area contributed by atoms with Crippen molar-refractivity contribution in [3.63, 3.8) is 0 Å². The molecular formula is C15H21NO2. The summed E-state index contributed by atoms with van der Waals surface area (Å²) >= 11 is 0. The molecule has 18 heavy (non-hydrogen) atoms. The predicted molar refractivity (Wildman–Crippen MR) is 73.8 cm³/mol. The summed E-state index contributed by atoms with van der Waals surface area (Å²) in [6.07, 6.45) is 4.28. The van der Waals surface area contributed by atoms with Crippen molar-refractivity contribution in [2.75, 3.05) is 19.8 Å². The van der Waals surface area contributed by atoms with Crippen molar-refractivity contribution in [2.24, 2.45) is 0 Å². The summed E-state index contributed by atoms with van der Waals surface area (Å²) in [6.45, 7) is 6.38. The number of benzene rings is 1. The van der Waals surface area contributed by atoms with E-state index >= 15 is 0 Å². The van der Waals surface area contributed by atoms with Gasteiger partial charge in [0.15, 0.2) is 0 Å². The lowest BCUT2D eigenvalue weighted by Gasteiger charge is -2.26. The van der Waals surface area contributed by atoms with Crippen LogP contribution in [-0.4, -0.2) is 31.9 Å². The first-order chi connectivity index (χ1) is 8.78. The van der Waals surface area contributed by atoms with Gasteiger partial charge in [-0.15, -0.1) is 0 Å². The van der Waals surface area contributed by atoms with Crippen LogP contribution < -0.4 is 10.1 Å². The van der Waals surface area contributed by atoms with Crippen molar-refractivity contribution in [3.05, 3.63) is 35.9 Å². The molecule has 0 saturated carbocycles. The van der Waals surface area contributed by atoms with Gasteiger partial charge in [0, 0.05) is 12.1 Å². The van der Waals surface area contributed by atoms with Gasteiger partial charge in [0.1, 0.15) is 5.75 Å². The molecule has 2 rings (SSSR count). The zero-order chi connectivity index (χ0) is 12.8. The van der Waals surface area contributed by atoms with Crippen LogP contribution in [0.15, 0.2) is 30.3 Å². The van der Waals surface area contributed by atoms with Crippen molar-refractivity contribution >= 4 is 6.08 Å². The van der Waals surface area contributed by atoms with E-state index in [1.165, 1.54) is 5.56 Å². The van der Waals surface area contributed by atoms with E-state index in [1.54, 1.807) is 0 Å². The largest absolute Gasteiger partial charge is 0.494 e. The average Bonchev–Trinajstić information content (AvgIpc) is 2.38. The van der Waals surface area contributed by atoms with Gasteiger partial charge in [0.05, 0.1) is 19.8 Å². The van der Waals surface area contributed by atoms with Gasteiger partial charge in [0.25, 0.3) is 0 Å². The van der Waals surface area contributed by atoms with Crippen LogP contribution in [0.25, 0.3) is 6.08 Å². The minimum absolute atomic E-state index is 0.306. The standard InChI is InChI=1S/C15H21NO2/c1-3-18-15-8-5-13(6-9-15)4-7-14-11-17-10-12(2)16-14/h4-9,12,14,16H,3,10-11H2,1-2H3/b7-4+. The molecular weight excluding hydrogens is 226 g/mol. The molecule has 1 aliphatic rings. The highest BCUT2D eigenvalue weighted by molar-refractivity contribution is 5.51. The number of hydrogen-bond acceptors (Lipinski definition) is 3. The Bertz CT molecular complexity index is 386. The molecule has 1 heterocycles. The topological polar surface area (TPSA) is 30.5 Å². The van der Waals surface area contributed by atoms with E-state index in [2.05, 4.69) is 36.5 Å². The van der Waals surface area contributed by atoms with Crippen LogP contribution in [0.3, 0.4) is 0 Å². The van der Waals surface area contributed by atoms with E-state index in [1.807, 2.05) is 19.1 Å². The molecule has 1 aromatic rings. The van der Waals surface area contributed by atoms with Gasteiger partial charge in [-0.2, -0.15) is 0 Å². The first kappa shape index (κ1) is 13.1. The fourth-order valence-corrected chi connectivity index (χ4v) is 2.01. The van der Waals surface area contributed by atoms with E-state index < -0.39 is 0 Å². The lowest BCUT2D eigenvalue weighted by Crippen LogP contribution is -2.46. The Hall–Kier alpha value is -1.32. The molecule has 1 aromatic carbocycles. The molecule has 1 fully saturated rings. The van der Waals surface area contributed by atoms with Crippen molar-refractivity contribution in [1.82, 2.24) is 5.32 Å². The number of rotatable bonds is 4. The zero-order valence-electron chi connectivity index (χ0n) is 11.1. The molecule has 3 nitrogen and oxygen atoms in total. The van der Waals surface area contributed by atoms with E-state index in [4.69, 9.17) is 9.47 Å². The minimum Gasteiger partial charge on any atom is -0.494 e. The third-order valence-corrected chi connectivity index (χ3v) is 2.88. The van der Waals surface area contributed by atoms with Crippen molar-refractivity contribution in [1.29, 1.82) is 0 Å². The Kier molecular flexibility index (Phi) is 4.79. The highest BCUT2D eigenvalue weighted by Crippen LogP contribution is 2.13. The Morgan fingerprint density at radius 3 is 2.78 bits per heavy atom. The molecule has 0 amide bonds. The molecule has 0 spiro atoms. The number of nitrogens with one attached hydrogen (secondary N) is 1. The van der Waals surface area contributed by atoms with E-state index in [0.29, 0.717) is 18.7 Å². The van der Waals surface area contributed by atoms with Crippen LogP contribution in [0.1, 0.15) is 19.4 Å². The predicted octanol–water partition coefficient (Wildman–Crippen LogP) is 2.48. The average molecular weight is 247 g/mol. The molecule has 1 saturated heterocycles. The molecule has 0 bridgehead atoms. The van der Waals surface area contributed by atoms with Gasteiger partial charge in [-0.05, 0) is 31.5 Å².